The van der Waals surface area contributed by atoms with Gasteiger partial charge in [-0.3, -0.25) is 4.79 Å². The molecule has 5 rings (SSSR count). The molecule has 0 aliphatic heterocycles. The summed E-state index contributed by atoms with van der Waals surface area (Å²) in [5.74, 6) is -0.551. The molecule has 0 N–H and O–H groups in total. The summed E-state index contributed by atoms with van der Waals surface area (Å²) in [5, 5.41) is 52.4. The van der Waals surface area contributed by atoms with Crippen LogP contribution in [0.25, 0.3) is 0 Å². The molecule has 0 radical (unpaired) electrons. The number of rotatable bonds is 1. The second kappa shape index (κ2) is 13.8. The fourth-order valence-corrected chi connectivity index (χ4v) is 4.49. The quantitative estimate of drug-likeness (QED) is 0.248. The summed E-state index contributed by atoms with van der Waals surface area (Å²) in [7, 11) is 3.38. The first-order valence-corrected chi connectivity index (χ1v) is 12.0. The topological polar surface area (TPSA) is 141 Å². The van der Waals surface area contributed by atoms with E-state index in [1.807, 2.05) is 0 Å². The van der Waals surface area contributed by atoms with Crippen LogP contribution in [-0.2, 0) is 57.0 Å². The number of benzene rings is 4. The SMILES string of the molecule is CN(C)C=O.[O-2].[O-]c1c2cccc1Cc1cccc(c1[O-])Cc1cccc(c1[O-])Cc1cccc(c1[O-])C2.[W]. The fraction of sp³-hybridized carbons (Fsp3) is 0.194. The summed E-state index contributed by atoms with van der Waals surface area (Å²) in [6, 6.07) is 21.0. The van der Waals surface area contributed by atoms with Crippen molar-refractivity contribution < 1.29 is 51.8 Å². The van der Waals surface area contributed by atoms with E-state index in [0.717, 1.165) is 6.41 Å². The number of carbonyl (C=O) groups excluding carboxylic acids is 1. The summed E-state index contributed by atoms with van der Waals surface area (Å²) in [6.07, 6.45) is 1.61. The predicted octanol–water partition coefficient (Wildman–Crippen LogP) is 2.24. The molecule has 8 bridgehead atoms. The van der Waals surface area contributed by atoms with Crippen LogP contribution >= 0.6 is 0 Å². The van der Waals surface area contributed by atoms with Crippen molar-refractivity contribution in [3.8, 4) is 23.0 Å². The van der Waals surface area contributed by atoms with E-state index in [4.69, 9.17) is 0 Å². The molecule has 0 atom stereocenters. The average Bonchev–Trinajstić information content (AvgIpc) is 2.88. The number of nitrogens with zero attached hydrogens (tertiary/aromatic N) is 1. The Hall–Kier alpha value is -3.80. The molecule has 0 fully saturated rings. The Labute approximate surface area is 242 Å². The van der Waals surface area contributed by atoms with Gasteiger partial charge in [0.15, 0.2) is 0 Å². The Morgan fingerprint density at radius 2 is 0.667 bits per heavy atom. The van der Waals surface area contributed by atoms with Gasteiger partial charge < -0.3 is 30.8 Å². The van der Waals surface area contributed by atoms with E-state index in [-0.39, 0.29) is 75.2 Å². The van der Waals surface area contributed by atoms with Gasteiger partial charge in [0.1, 0.15) is 0 Å². The van der Waals surface area contributed by atoms with Crippen LogP contribution < -0.4 is 20.4 Å². The molecular formula is C31H27NO6W-6. The van der Waals surface area contributed by atoms with Crippen LogP contribution in [0.1, 0.15) is 44.5 Å². The summed E-state index contributed by atoms with van der Waals surface area (Å²) in [6.45, 7) is 0. The number of para-hydroxylation sites is 4. The number of amides is 1. The number of hydrogen-bond acceptors (Lipinski definition) is 5. The maximum Gasteiger partial charge on any atom is 0.209 e. The first kappa shape index (κ1) is 31.4. The summed E-state index contributed by atoms with van der Waals surface area (Å²) in [4.78, 5) is 10.9. The molecule has 8 heteroatoms. The van der Waals surface area contributed by atoms with Crippen LogP contribution in [0.3, 0.4) is 0 Å². The second-order valence-electron chi connectivity index (χ2n) is 9.40. The zero-order valence-corrected chi connectivity index (χ0v) is 24.6. The Bertz CT molecular complexity index is 1150. The van der Waals surface area contributed by atoms with Gasteiger partial charge in [0.25, 0.3) is 0 Å². The average molecular weight is 693 g/mol. The van der Waals surface area contributed by atoms with Gasteiger partial charge in [-0.2, -0.15) is 0 Å². The van der Waals surface area contributed by atoms with E-state index in [2.05, 4.69) is 0 Å². The van der Waals surface area contributed by atoms with E-state index < -0.39 is 0 Å². The Balaban J connectivity index is 0.000000701. The maximum atomic E-state index is 13.1. The third-order valence-electron chi connectivity index (χ3n) is 6.45. The fourth-order valence-electron chi connectivity index (χ4n) is 4.49. The smallest absolute Gasteiger partial charge is 0.209 e. The minimum atomic E-state index is -0.138. The van der Waals surface area contributed by atoms with Crippen molar-refractivity contribution in [3.63, 3.8) is 0 Å². The predicted molar refractivity (Wildman–Crippen MR) is 135 cm³/mol. The molecule has 4 aromatic rings. The first-order valence-electron chi connectivity index (χ1n) is 12.0. The third-order valence-corrected chi connectivity index (χ3v) is 6.45. The minimum absolute atomic E-state index is 0. The van der Waals surface area contributed by atoms with E-state index in [0.29, 0.717) is 44.5 Å². The molecule has 0 spiro atoms. The number of fused-ring (bicyclic) bond motifs is 8. The summed E-state index contributed by atoms with van der Waals surface area (Å²) >= 11 is 0. The van der Waals surface area contributed by atoms with E-state index in [9.17, 15) is 25.2 Å². The Morgan fingerprint density at radius 1 is 0.513 bits per heavy atom. The Morgan fingerprint density at radius 3 is 0.795 bits per heavy atom. The van der Waals surface area contributed by atoms with Crippen LogP contribution in [0.4, 0.5) is 0 Å². The minimum Gasteiger partial charge on any atom is -2.00 e. The molecule has 1 aliphatic carbocycles. The normalized spacial score (nSPS) is 11.5. The van der Waals surface area contributed by atoms with Crippen molar-refractivity contribution >= 4 is 6.41 Å². The van der Waals surface area contributed by atoms with E-state index >= 15 is 0 Å². The van der Waals surface area contributed by atoms with Crippen LogP contribution in [0, 0.1) is 0 Å². The van der Waals surface area contributed by atoms with Gasteiger partial charge >= 0.3 is 0 Å². The second-order valence-corrected chi connectivity index (χ2v) is 9.40. The molecule has 0 aromatic heterocycles. The van der Waals surface area contributed by atoms with Gasteiger partial charge in [-0.05, 0) is 25.7 Å². The zero-order valence-electron chi connectivity index (χ0n) is 21.6. The standard InChI is InChI=1S/C28H24O4.C3H7NO.O.W/c29-25-17-5-1-6-18(25)14-20-8-3-10-22(27(20)31)16-24-12-4-11-23(28(24)32)15-21-9-2-7-19(13-17)26(21)30;1-4(2)3-5;;/h1-12,29-32H,13-16H2;3H,1-2H3;;/q;;-2;/p-4. The van der Waals surface area contributed by atoms with Gasteiger partial charge in [0.05, 0.1) is 0 Å². The van der Waals surface area contributed by atoms with Gasteiger partial charge in [-0.15, -0.1) is 23.0 Å². The molecule has 1 amide bonds. The molecule has 1 aliphatic rings. The molecule has 0 heterocycles. The van der Waals surface area contributed by atoms with Crippen LogP contribution in [0.5, 0.6) is 23.0 Å². The summed E-state index contributed by atoms with van der Waals surface area (Å²) < 4.78 is 0. The van der Waals surface area contributed by atoms with Crippen molar-refractivity contribution in [2.75, 3.05) is 14.1 Å². The summed E-state index contributed by atoms with van der Waals surface area (Å²) in [5.41, 5.74) is 4.21. The van der Waals surface area contributed by atoms with Crippen molar-refractivity contribution in [2.45, 2.75) is 25.7 Å². The van der Waals surface area contributed by atoms with Crippen molar-refractivity contribution in [1.29, 1.82) is 0 Å². The van der Waals surface area contributed by atoms with Crippen LogP contribution in [0.15, 0.2) is 72.8 Å². The van der Waals surface area contributed by atoms with Gasteiger partial charge in [-0.1, -0.05) is 117 Å². The number of carbonyl (C=O) groups is 1. The van der Waals surface area contributed by atoms with E-state index in [1.165, 1.54) is 4.90 Å². The zero-order chi connectivity index (χ0) is 26.5. The molecular weight excluding hydrogens is 666 g/mol. The largest absolute Gasteiger partial charge is 2.00 e. The molecule has 0 unspecified atom stereocenters. The molecule has 0 saturated heterocycles. The van der Waals surface area contributed by atoms with Crippen LogP contribution in [0.2, 0.25) is 0 Å². The van der Waals surface area contributed by atoms with E-state index in [1.54, 1.807) is 86.9 Å². The third kappa shape index (κ3) is 7.19. The molecule has 204 valence electrons. The van der Waals surface area contributed by atoms with Crippen molar-refractivity contribution in [3.05, 3.63) is 117 Å². The van der Waals surface area contributed by atoms with Gasteiger partial charge in [0, 0.05) is 35.2 Å². The van der Waals surface area contributed by atoms with Crippen molar-refractivity contribution in [1.82, 2.24) is 4.90 Å². The maximum absolute atomic E-state index is 13.1. The van der Waals surface area contributed by atoms with Crippen molar-refractivity contribution in [2.24, 2.45) is 0 Å². The van der Waals surface area contributed by atoms with Crippen LogP contribution in [-0.4, -0.2) is 25.4 Å². The molecule has 0 saturated carbocycles. The Kier molecular flexibility index (Phi) is 11.1. The monoisotopic (exact) mass is 693 g/mol. The molecule has 39 heavy (non-hydrogen) atoms. The van der Waals surface area contributed by atoms with Gasteiger partial charge in [-0.25, -0.2) is 0 Å². The first-order chi connectivity index (χ1) is 17.8. The number of hydrogen-bond donors (Lipinski definition) is 0. The molecule has 7 nitrogen and oxygen atoms in total. The molecule has 4 aromatic carbocycles. The van der Waals surface area contributed by atoms with Gasteiger partial charge in [0.2, 0.25) is 6.41 Å².